The van der Waals surface area contributed by atoms with Crippen molar-refractivity contribution < 1.29 is 4.79 Å². The summed E-state index contributed by atoms with van der Waals surface area (Å²) in [6.07, 6.45) is 8.08. The maximum atomic E-state index is 13.0. The quantitative estimate of drug-likeness (QED) is 0.636. The predicted octanol–water partition coefficient (Wildman–Crippen LogP) is 3.73. The molecule has 4 heterocycles. The fraction of sp³-hybridized carbons (Fsp3) is 0.348. The number of carbonyl (C=O) groups excluding carboxylic acids is 1. The van der Waals surface area contributed by atoms with E-state index in [1.807, 2.05) is 62.2 Å². The summed E-state index contributed by atoms with van der Waals surface area (Å²) >= 11 is 0. The van der Waals surface area contributed by atoms with E-state index in [0.29, 0.717) is 18.2 Å². The maximum Gasteiger partial charge on any atom is 0.247 e. The number of hydrogen-bond acceptors (Lipinski definition) is 6. The van der Waals surface area contributed by atoms with Gasteiger partial charge in [0, 0.05) is 37.6 Å². The summed E-state index contributed by atoms with van der Waals surface area (Å²) in [5.41, 5.74) is 2.67. The van der Waals surface area contributed by atoms with Gasteiger partial charge in [-0.25, -0.2) is 15.0 Å². The Labute approximate surface area is 182 Å². The minimum absolute atomic E-state index is 0.0166. The molecule has 1 fully saturated rings. The minimum Gasteiger partial charge on any atom is -0.331 e. The predicted molar refractivity (Wildman–Crippen MR) is 120 cm³/mol. The van der Waals surface area contributed by atoms with Crippen molar-refractivity contribution in [3.05, 3.63) is 65.5 Å². The third kappa shape index (κ3) is 4.96. The molecule has 1 atom stereocenters. The summed E-state index contributed by atoms with van der Waals surface area (Å²) in [6, 6.07) is 9.54. The molecule has 0 saturated carbocycles. The summed E-state index contributed by atoms with van der Waals surface area (Å²) in [6.45, 7) is 4.53. The topological polar surface area (TPSA) is 88.8 Å². The molecule has 31 heavy (non-hydrogen) atoms. The molecule has 1 N–H and O–H groups in total. The van der Waals surface area contributed by atoms with Gasteiger partial charge in [-0.2, -0.15) is 5.10 Å². The van der Waals surface area contributed by atoms with Gasteiger partial charge < -0.3 is 10.2 Å². The Kier molecular flexibility index (Phi) is 6.06. The molecular formula is C23H27N7O. The van der Waals surface area contributed by atoms with Crippen LogP contribution in [0.3, 0.4) is 0 Å². The first-order valence-corrected chi connectivity index (χ1v) is 10.5. The molecule has 0 spiro atoms. The molecule has 1 saturated heterocycles. The average molecular weight is 418 g/mol. The number of carbonyl (C=O) groups is 1. The summed E-state index contributed by atoms with van der Waals surface area (Å²) < 4.78 is 1.74. The van der Waals surface area contributed by atoms with Crippen LogP contribution in [-0.4, -0.2) is 42.1 Å². The van der Waals surface area contributed by atoms with Gasteiger partial charge >= 0.3 is 0 Å². The van der Waals surface area contributed by atoms with Gasteiger partial charge in [0.15, 0.2) is 0 Å². The molecule has 8 nitrogen and oxygen atoms in total. The molecule has 8 heteroatoms. The summed E-state index contributed by atoms with van der Waals surface area (Å²) in [5, 5.41) is 7.41. The van der Waals surface area contributed by atoms with Crippen LogP contribution in [0, 0.1) is 13.8 Å². The lowest BCUT2D eigenvalue weighted by Gasteiger charge is -2.35. The molecule has 1 aliphatic rings. The number of rotatable bonds is 5. The number of anilines is 2. The SMILES string of the molecule is Cc1cccc(Nc2cc(C3CCCCN3C(=O)C=Cc3ccnn3C)nc(C)n2)n1. The Hall–Kier alpha value is -3.55. The lowest BCUT2D eigenvalue weighted by atomic mass is 9.98. The molecular weight excluding hydrogens is 390 g/mol. The molecule has 160 valence electrons. The zero-order chi connectivity index (χ0) is 21.8. The fourth-order valence-corrected chi connectivity index (χ4v) is 3.87. The lowest BCUT2D eigenvalue weighted by molar-refractivity contribution is -0.129. The zero-order valence-electron chi connectivity index (χ0n) is 18.1. The van der Waals surface area contributed by atoms with E-state index < -0.39 is 0 Å². The van der Waals surface area contributed by atoms with E-state index in [-0.39, 0.29) is 11.9 Å². The van der Waals surface area contributed by atoms with Crippen LogP contribution in [0.15, 0.2) is 42.6 Å². The van der Waals surface area contributed by atoms with Crippen LogP contribution in [-0.2, 0) is 11.8 Å². The lowest BCUT2D eigenvalue weighted by Crippen LogP contribution is -2.38. The summed E-state index contributed by atoms with van der Waals surface area (Å²) in [5.74, 6) is 2.07. The van der Waals surface area contributed by atoms with Crippen LogP contribution in [0.4, 0.5) is 11.6 Å². The molecule has 0 bridgehead atoms. The Morgan fingerprint density at radius 2 is 2.00 bits per heavy atom. The first-order chi connectivity index (χ1) is 15.0. The first-order valence-electron chi connectivity index (χ1n) is 10.5. The minimum atomic E-state index is -0.0786. The van der Waals surface area contributed by atoms with Crippen LogP contribution in [0.25, 0.3) is 6.08 Å². The van der Waals surface area contributed by atoms with Gasteiger partial charge in [0.1, 0.15) is 17.5 Å². The van der Waals surface area contributed by atoms with Crippen LogP contribution in [0.2, 0.25) is 0 Å². The Balaban J connectivity index is 1.57. The summed E-state index contributed by atoms with van der Waals surface area (Å²) in [7, 11) is 1.86. The van der Waals surface area contributed by atoms with Crippen LogP contribution in [0.5, 0.6) is 0 Å². The third-order valence-corrected chi connectivity index (χ3v) is 5.39. The smallest absolute Gasteiger partial charge is 0.247 e. The number of piperidine rings is 1. The van der Waals surface area contributed by atoms with Crippen molar-refractivity contribution in [2.24, 2.45) is 7.05 Å². The van der Waals surface area contributed by atoms with Crippen LogP contribution in [0.1, 0.15) is 48.2 Å². The normalized spacial score (nSPS) is 16.6. The van der Waals surface area contributed by atoms with Gasteiger partial charge in [0.2, 0.25) is 5.91 Å². The van der Waals surface area contributed by atoms with Gasteiger partial charge in [-0.05, 0) is 57.4 Å². The van der Waals surface area contributed by atoms with Crippen molar-refractivity contribution >= 4 is 23.6 Å². The van der Waals surface area contributed by atoms with Crippen molar-refractivity contribution in [3.8, 4) is 0 Å². The molecule has 0 aromatic carbocycles. The number of hydrogen-bond donors (Lipinski definition) is 1. The molecule has 1 aliphatic heterocycles. The van der Waals surface area contributed by atoms with Crippen molar-refractivity contribution in [1.82, 2.24) is 29.6 Å². The molecule has 1 amide bonds. The van der Waals surface area contributed by atoms with E-state index >= 15 is 0 Å². The first kappa shape index (κ1) is 20.7. The largest absolute Gasteiger partial charge is 0.331 e. The van der Waals surface area contributed by atoms with Crippen molar-refractivity contribution in [2.75, 3.05) is 11.9 Å². The van der Waals surface area contributed by atoms with E-state index in [4.69, 9.17) is 0 Å². The Morgan fingerprint density at radius 1 is 1.13 bits per heavy atom. The number of pyridine rings is 1. The molecule has 3 aromatic rings. The highest BCUT2D eigenvalue weighted by Gasteiger charge is 2.28. The number of nitrogens with one attached hydrogen (secondary N) is 1. The Morgan fingerprint density at radius 3 is 2.77 bits per heavy atom. The second-order valence-corrected chi connectivity index (χ2v) is 7.77. The number of nitrogens with zero attached hydrogens (tertiary/aromatic N) is 6. The van der Waals surface area contributed by atoms with Gasteiger partial charge in [-0.3, -0.25) is 9.48 Å². The number of aromatic nitrogens is 5. The molecule has 0 aliphatic carbocycles. The summed E-state index contributed by atoms with van der Waals surface area (Å²) in [4.78, 5) is 28.6. The fourth-order valence-electron chi connectivity index (χ4n) is 3.87. The van der Waals surface area contributed by atoms with Gasteiger partial charge in [-0.1, -0.05) is 6.07 Å². The van der Waals surface area contributed by atoms with Crippen molar-refractivity contribution in [3.63, 3.8) is 0 Å². The third-order valence-electron chi connectivity index (χ3n) is 5.39. The monoisotopic (exact) mass is 417 g/mol. The van der Waals surface area contributed by atoms with Crippen molar-refractivity contribution in [1.29, 1.82) is 0 Å². The van der Waals surface area contributed by atoms with Crippen LogP contribution < -0.4 is 5.32 Å². The van der Waals surface area contributed by atoms with E-state index in [1.165, 1.54) is 0 Å². The Bertz CT molecular complexity index is 1100. The van der Waals surface area contributed by atoms with Gasteiger partial charge in [0.05, 0.1) is 17.4 Å². The highest BCUT2D eigenvalue weighted by atomic mass is 16.2. The maximum absolute atomic E-state index is 13.0. The molecule has 3 aromatic heterocycles. The second kappa shape index (κ2) is 9.07. The number of amides is 1. The standard InChI is InChI=1S/C23H27N7O/c1-16-7-6-9-21(25-16)28-22-15-19(26-17(2)27-22)20-8-4-5-14-30(20)23(31)11-10-18-12-13-24-29(18)3/h6-7,9-13,15,20H,4-5,8,14H2,1-3H3,(H,25,26,27,28). The zero-order valence-corrected chi connectivity index (χ0v) is 18.1. The second-order valence-electron chi connectivity index (χ2n) is 7.77. The van der Waals surface area contributed by atoms with Gasteiger partial charge in [0.25, 0.3) is 0 Å². The number of aryl methyl sites for hydroxylation is 3. The van der Waals surface area contributed by atoms with E-state index in [1.54, 1.807) is 17.0 Å². The highest BCUT2D eigenvalue weighted by molar-refractivity contribution is 5.92. The van der Waals surface area contributed by atoms with E-state index in [9.17, 15) is 4.79 Å². The number of likely N-dealkylation sites (tertiary alicyclic amines) is 1. The molecule has 1 unspecified atom stereocenters. The van der Waals surface area contributed by atoms with E-state index in [0.717, 1.165) is 42.2 Å². The average Bonchev–Trinajstić information content (AvgIpc) is 3.16. The molecule has 0 radical (unpaired) electrons. The van der Waals surface area contributed by atoms with Crippen molar-refractivity contribution in [2.45, 2.75) is 39.2 Å². The molecule has 4 rings (SSSR count). The van der Waals surface area contributed by atoms with Crippen LogP contribution >= 0.6 is 0 Å². The van der Waals surface area contributed by atoms with E-state index in [2.05, 4.69) is 25.4 Å². The highest BCUT2D eigenvalue weighted by Crippen LogP contribution is 2.31. The van der Waals surface area contributed by atoms with Gasteiger partial charge in [-0.15, -0.1) is 0 Å².